The maximum absolute atomic E-state index is 2.46. The number of hydrogen-bond donors (Lipinski definition) is 0. The zero-order valence-corrected chi connectivity index (χ0v) is 29.8. The molecule has 2 heterocycles. The minimum Gasteiger partial charge on any atom is -0.309 e. The van der Waals surface area contributed by atoms with Crippen LogP contribution in [-0.4, -0.2) is 9.13 Å². The minimum absolute atomic E-state index is 1.07. The van der Waals surface area contributed by atoms with Gasteiger partial charge in [0.1, 0.15) is 0 Å². The fraction of sp³-hybridized carbons (Fsp3) is 0.0385. The number of fused-ring (bicyclic) bond motifs is 7. The van der Waals surface area contributed by atoms with E-state index in [0.29, 0.717) is 0 Å². The zero-order chi connectivity index (χ0) is 35.6. The first kappa shape index (κ1) is 30.7. The lowest BCUT2D eigenvalue weighted by Crippen LogP contribution is -1.97. The molecule has 54 heavy (non-hydrogen) atoms. The van der Waals surface area contributed by atoms with E-state index in [9.17, 15) is 0 Å². The van der Waals surface area contributed by atoms with E-state index in [2.05, 4.69) is 203 Å². The second-order valence-electron chi connectivity index (χ2n) is 14.5. The van der Waals surface area contributed by atoms with Crippen LogP contribution in [0.2, 0.25) is 0 Å². The summed E-state index contributed by atoms with van der Waals surface area (Å²) < 4.78 is 4.87. The Morgan fingerprint density at radius 1 is 0.333 bits per heavy atom. The van der Waals surface area contributed by atoms with Gasteiger partial charge in [-0.15, -0.1) is 0 Å². The summed E-state index contributed by atoms with van der Waals surface area (Å²) in [5.41, 5.74) is 14.6. The fourth-order valence-electron chi connectivity index (χ4n) is 8.71. The van der Waals surface area contributed by atoms with Gasteiger partial charge in [0.15, 0.2) is 0 Å². The largest absolute Gasteiger partial charge is 0.309 e. The van der Waals surface area contributed by atoms with Crippen molar-refractivity contribution in [2.75, 3.05) is 0 Å². The first-order valence-electron chi connectivity index (χ1n) is 18.9. The molecule has 0 unspecified atom stereocenters. The molecule has 1 aliphatic carbocycles. The fourth-order valence-corrected chi connectivity index (χ4v) is 8.71. The average Bonchev–Trinajstić information content (AvgIpc) is 3.76. The molecule has 0 amide bonds. The molecule has 10 aromatic rings. The maximum Gasteiger partial charge on any atom is 0.0541 e. The van der Waals surface area contributed by atoms with E-state index in [1.165, 1.54) is 99.1 Å². The van der Waals surface area contributed by atoms with Gasteiger partial charge in [-0.25, -0.2) is 0 Å². The summed E-state index contributed by atoms with van der Waals surface area (Å²) in [6.45, 7) is 0. The predicted molar refractivity (Wildman–Crippen MR) is 230 cm³/mol. The molecular formula is C52H36N2. The van der Waals surface area contributed by atoms with E-state index in [-0.39, 0.29) is 0 Å². The van der Waals surface area contributed by atoms with Crippen LogP contribution < -0.4 is 0 Å². The molecule has 2 nitrogen and oxygen atoms in total. The van der Waals surface area contributed by atoms with Crippen LogP contribution in [-0.2, 0) is 0 Å². The van der Waals surface area contributed by atoms with Crippen LogP contribution in [0.15, 0.2) is 194 Å². The number of hydrogen-bond acceptors (Lipinski definition) is 0. The van der Waals surface area contributed by atoms with E-state index in [1.807, 2.05) is 0 Å². The van der Waals surface area contributed by atoms with Gasteiger partial charge in [-0.3, -0.25) is 0 Å². The van der Waals surface area contributed by atoms with Gasteiger partial charge in [0.2, 0.25) is 0 Å². The summed E-state index contributed by atoms with van der Waals surface area (Å²) in [7, 11) is 0. The summed E-state index contributed by atoms with van der Waals surface area (Å²) >= 11 is 0. The third kappa shape index (κ3) is 4.95. The van der Waals surface area contributed by atoms with Crippen LogP contribution in [0.3, 0.4) is 0 Å². The highest BCUT2D eigenvalue weighted by Gasteiger charge is 2.18. The van der Waals surface area contributed by atoms with Crippen LogP contribution in [0.25, 0.3) is 93.6 Å². The number of aromatic nitrogens is 2. The maximum atomic E-state index is 2.46. The highest BCUT2D eigenvalue weighted by atomic mass is 15.0. The molecule has 0 fully saturated rings. The zero-order valence-electron chi connectivity index (χ0n) is 29.8. The Labute approximate surface area is 314 Å². The van der Waals surface area contributed by atoms with Gasteiger partial charge in [0.25, 0.3) is 0 Å². The van der Waals surface area contributed by atoms with Crippen molar-refractivity contribution in [3.05, 3.63) is 200 Å². The number of allylic oxidation sites excluding steroid dienone is 4. The Morgan fingerprint density at radius 2 is 0.926 bits per heavy atom. The molecular weight excluding hydrogens is 653 g/mol. The standard InChI is InChI=1S/C52H36N2/c1-3-13-35(14-4-1)41-29-42(36-15-5-2-6-16-36)32-44(31-41)54-50-22-12-10-20-46(50)48-34-40(25-28-52(48)54)39-24-27-51-47(33-39)45-19-9-11-21-49(45)53(51)43-26-23-37-17-7-8-18-38(37)30-43/h1,3-5,7-34H,2,6H2. The lowest BCUT2D eigenvalue weighted by atomic mass is 9.95. The molecule has 0 saturated carbocycles. The van der Waals surface area contributed by atoms with Crippen molar-refractivity contribution in [1.82, 2.24) is 9.13 Å². The van der Waals surface area contributed by atoms with Crippen molar-refractivity contribution in [2.24, 2.45) is 0 Å². The first-order chi connectivity index (χ1) is 26.8. The van der Waals surface area contributed by atoms with E-state index >= 15 is 0 Å². The Morgan fingerprint density at radius 3 is 1.61 bits per heavy atom. The van der Waals surface area contributed by atoms with Crippen LogP contribution in [0, 0.1) is 0 Å². The lowest BCUT2D eigenvalue weighted by Gasteiger charge is -2.15. The summed E-state index contributed by atoms with van der Waals surface area (Å²) in [5, 5.41) is 7.53. The molecule has 0 aliphatic heterocycles. The van der Waals surface area contributed by atoms with Crippen LogP contribution in [0.5, 0.6) is 0 Å². The Hall–Kier alpha value is -6.90. The smallest absolute Gasteiger partial charge is 0.0541 e. The Balaban J connectivity index is 1.08. The van der Waals surface area contributed by atoms with E-state index in [0.717, 1.165) is 12.8 Å². The van der Waals surface area contributed by atoms with Gasteiger partial charge in [0, 0.05) is 32.9 Å². The van der Waals surface area contributed by atoms with Crippen LogP contribution >= 0.6 is 0 Å². The van der Waals surface area contributed by atoms with Gasteiger partial charge < -0.3 is 9.13 Å². The van der Waals surface area contributed by atoms with Gasteiger partial charge >= 0.3 is 0 Å². The SMILES string of the molecule is C1=CC(c2cc(-c3ccccc3)cc(-n3c4ccccc4c4cc(-c5ccc6c(c5)c5ccccc5n6-c5ccc6ccccc6c5)ccc43)c2)=CCC1. The van der Waals surface area contributed by atoms with Gasteiger partial charge in [0.05, 0.1) is 22.1 Å². The monoisotopic (exact) mass is 688 g/mol. The second kappa shape index (κ2) is 12.4. The van der Waals surface area contributed by atoms with Crippen LogP contribution in [0.1, 0.15) is 18.4 Å². The summed E-state index contributed by atoms with van der Waals surface area (Å²) in [5.74, 6) is 0. The van der Waals surface area contributed by atoms with Gasteiger partial charge in [-0.1, -0.05) is 127 Å². The van der Waals surface area contributed by atoms with Crippen LogP contribution in [0.4, 0.5) is 0 Å². The topological polar surface area (TPSA) is 9.86 Å². The predicted octanol–water partition coefficient (Wildman–Crippen LogP) is 14.1. The molecule has 0 radical (unpaired) electrons. The number of rotatable bonds is 5. The molecule has 0 N–H and O–H groups in total. The molecule has 0 spiro atoms. The number of nitrogens with zero attached hydrogens (tertiary/aromatic N) is 2. The first-order valence-corrected chi connectivity index (χ1v) is 18.9. The van der Waals surface area contributed by atoms with Gasteiger partial charge in [-0.2, -0.15) is 0 Å². The molecule has 11 rings (SSSR count). The summed E-state index contributed by atoms with van der Waals surface area (Å²) in [4.78, 5) is 0. The highest BCUT2D eigenvalue weighted by Crippen LogP contribution is 2.40. The van der Waals surface area contributed by atoms with Crippen molar-refractivity contribution < 1.29 is 0 Å². The Kier molecular flexibility index (Phi) is 7.03. The van der Waals surface area contributed by atoms with Crippen molar-refractivity contribution in [2.45, 2.75) is 12.8 Å². The molecule has 1 aliphatic rings. The molecule has 0 saturated heterocycles. The van der Waals surface area contributed by atoms with Crippen molar-refractivity contribution >= 4 is 60.0 Å². The molecule has 0 bridgehead atoms. The molecule has 2 aromatic heterocycles. The number of para-hydroxylation sites is 2. The minimum atomic E-state index is 1.07. The highest BCUT2D eigenvalue weighted by molar-refractivity contribution is 6.13. The average molecular weight is 689 g/mol. The number of benzene rings is 8. The summed E-state index contributed by atoms with van der Waals surface area (Å²) in [6.07, 6.45) is 9.13. The van der Waals surface area contributed by atoms with E-state index in [4.69, 9.17) is 0 Å². The van der Waals surface area contributed by atoms with E-state index < -0.39 is 0 Å². The van der Waals surface area contributed by atoms with Gasteiger partial charge in [-0.05, 0) is 124 Å². The molecule has 8 aromatic carbocycles. The van der Waals surface area contributed by atoms with Crippen molar-refractivity contribution in [3.8, 4) is 33.6 Å². The lowest BCUT2D eigenvalue weighted by molar-refractivity contribution is 1.04. The normalized spacial score (nSPS) is 13.1. The Bertz CT molecular complexity index is 3150. The van der Waals surface area contributed by atoms with E-state index in [1.54, 1.807) is 0 Å². The van der Waals surface area contributed by atoms with Crippen molar-refractivity contribution in [3.63, 3.8) is 0 Å². The second-order valence-corrected chi connectivity index (χ2v) is 14.5. The van der Waals surface area contributed by atoms with Crippen molar-refractivity contribution in [1.29, 1.82) is 0 Å². The molecule has 254 valence electrons. The molecule has 0 atom stereocenters. The third-order valence-electron chi connectivity index (χ3n) is 11.3. The summed E-state index contributed by atoms with van der Waals surface area (Å²) in [6, 6.07) is 64.8. The molecule has 2 heteroatoms. The third-order valence-corrected chi connectivity index (χ3v) is 11.3. The quantitative estimate of drug-likeness (QED) is 0.170.